The summed E-state index contributed by atoms with van der Waals surface area (Å²) >= 11 is 0. The number of methoxy groups -OCH3 is 1. The predicted octanol–water partition coefficient (Wildman–Crippen LogP) is 1.34. The van der Waals surface area contributed by atoms with Crippen LogP contribution >= 0.6 is 0 Å². The summed E-state index contributed by atoms with van der Waals surface area (Å²) in [5, 5.41) is 5.70. The fourth-order valence-corrected chi connectivity index (χ4v) is 4.09. The Morgan fingerprint density at radius 3 is 2.47 bits per heavy atom. The molecule has 1 aliphatic heterocycles. The summed E-state index contributed by atoms with van der Waals surface area (Å²) in [5.41, 5.74) is 1.39. The third-order valence-electron chi connectivity index (χ3n) is 6.41. The first kappa shape index (κ1) is 26.8. The van der Waals surface area contributed by atoms with E-state index in [1.807, 2.05) is 12.1 Å². The number of benzene rings is 1. The molecular formula is C26H35N5O5. The number of likely N-dealkylation sites (N-methyl/N-ethyl adjacent to an activating group) is 1. The van der Waals surface area contributed by atoms with Crippen molar-refractivity contribution < 1.29 is 23.9 Å². The first-order valence-corrected chi connectivity index (χ1v) is 12.2. The van der Waals surface area contributed by atoms with Crippen molar-refractivity contribution >= 4 is 23.6 Å². The largest absolute Gasteiger partial charge is 0.497 e. The van der Waals surface area contributed by atoms with Crippen molar-refractivity contribution in [3.05, 3.63) is 53.9 Å². The van der Waals surface area contributed by atoms with Crippen LogP contribution in [-0.4, -0.2) is 84.3 Å². The molecule has 36 heavy (non-hydrogen) atoms. The molecule has 0 aliphatic carbocycles. The Kier molecular flexibility index (Phi) is 9.49. The molecule has 2 atom stereocenters. The molecule has 3 N–H and O–H groups in total. The van der Waals surface area contributed by atoms with Crippen LogP contribution in [-0.2, 0) is 20.8 Å². The second kappa shape index (κ2) is 12.8. The van der Waals surface area contributed by atoms with Gasteiger partial charge in [0.25, 0.3) is 5.91 Å². The molecule has 0 bridgehead atoms. The molecule has 0 spiro atoms. The number of aromatic nitrogens is 1. The Labute approximate surface area is 211 Å². The summed E-state index contributed by atoms with van der Waals surface area (Å²) in [6, 6.07) is 7.42. The van der Waals surface area contributed by atoms with Gasteiger partial charge in [-0.2, -0.15) is 0 Å². The highest BCUT2D eigenvalue weighted by Crippen LogP contribution is 2.15. The molecule has 0 radical (unpaired) electrons. The van der Waals surface area contributed by atoms with Gasteiger partial charge in [0.15, 0.2) is 0 Å². The monoisotopic (exact) mass is 497 g/mol. The second-order valence-corrected chi connectivity index (χ2v) is 8.94. The van der Waals surface area contributed by atoms with E-state index in [1.54, 1.807) is 56.6 Å². The van der Waals surface area contributed by atoms with Crippen LogP contribution in [0.1, 0.15) is 42.1 Å². The van der Waals surface area contributed by atoms with Crippen LogP contribution < -0.4 is 15.4 Å². The van der Waals surface area contributed by atoms with Crippen LogP contribution in [0.3, 0.4) is 0 Å². The molecule has 2 heterocycles. The van der Waals surface area contributed by atoms with Gasteiger partial charge >= 0.3 is 0 Å². The number of ether oxygens (including phenoxy) is 1. The van der Waals surface area contributed by atoms with Gasteiger partial charge in [0, 0.05) is 51.9 Å². The van der Waals surface area contributed by atoms with Gasteiger partial charge in [-0.3, -0.25) is 19.2 Å². The molecule has 1 aromatic heterocycles. The van der Waals surface area contributed by atoms with Crippen molar-refractivity contribution in [3.8, 4) is 5.75 Å². The molecule has 1 aromatic carbocycles. The smallest absolute Gasteiger partial charge is 0.255 e. The summed E-state index contributed by atoms with van der Waals surface area (Å²) in [4.78, 5) is 57.7. The lowest BCUT2D eigenvalue weighted by atomic mass is 10.0. The van der Waals surface area contributed by atoms with Crippen molar-refractivity contribution in [2.24, 2.45) is 0 Å². The van der Waals surface area contributed by atoms with E-state index in [9.17, 15) is 19.2 Å². The van der Waals surface area contributed by atoms with Crippen molar-refractivity contribution in [1.29, 1.82) is 0 Å². The second-order valence-electron chi connectivity index (χ2n) is 8.94. The number of rotatable bonds is 4. The number of hydrogen-bond donors (Lipinski definition) is 3. The Morgan fingerprint density at radius 2 is 1.81 bits per heavy atom. The van der Waals surface area contributed by atoms with Crippen LogP contribution in [0.25, 0.3) is 0 Å². The van der Waals surface area contributed by atoms with Crippen molar-refractivity contribution in [3.63, 3.8) is 0 Å². The molecule has 1 saturated heterocycles. The molecule has 0 saturated carbocycles. The molecule has 1 fully saturated rings. The van der Waals surface area contributed by atoms with Crippen molar-refractivity contribution in [1.82, 2.24) is 25.4 Å². The van der Waals surface area contributed by atoms with Gasteiger partial charge in [-0.25, -0.2) is 0 Å². The zero-order chi connectivity index (χ0) is 26.1. The molecular weight excluding hydrogens is 462 g/mol. The SMILES string of the molecule is COc1ccc(C[C@@H]2NC(=O)CCCN(C(=O)c3cc[nH]c3)CCCNC(=O)[C@H](C)N(C)C2=O)cc1. The van der Waals surface area contributed by atoms with Crippen LogP contribution in [0.5, 0.6) is 5.75 Å². The number of amides is 4. The summed E-state index contributed by atoms with van der Waals surface area (Å²) in [7, 11) is 3.14. The molecule has 2 aromatic rings. The summed E-state index contributed by atoms with van der Waals surface area (Å²) < 4.78 is 5.20. The molecule has 10 heteroatoms. The third kappa shape index (κ3) is 7.10. The topological polar surface area (TPSA) is 124 Å². The van der Waals surface area contributed by atoms with Gasteiger partial charge < -0.3 is 30.2 Å². The fraction of sp³-hybridized carbons (Fsp3) is 0.462. The highest BCUT2D eigenvalue weighted by atomic mass is 16.5. The molecule has 194 valence electrons. The standard InChI is InChI=1S/C26H35N5O5/c1-18-24(33)28-12-5-15-31(25(34)20-11-13-27-17-20)14-4-6-23(32)29-22(26(35)30(18)2)16-19-7-9-21(36-3)10-8-19/h7-11,13,17-18,22,27H,4-6,12,14-16H2,1-3H3,(H,28,33)(H,29,32)/t18-,22-/m0/s1. The minimum atomic E-state index is -0.839. The van der Waals surface area contributed by atoms with E-state index in [-0.39, 0.29) is 36.5 Å². The van der Waals surface area contributed by atoms with Gasteiger partial charge in [-0.15, -0.1) is 0 Å². The maximum atomic E-state index is 13.3. The Bertz CT molecular complexity index is 1040. The maximum absolute atomic E-state index is 13.3. The number of hydrogen-bond acceptors (Lipinski definition) is 5. The lowest BCUT2D eigenvalue weighted by molar-refractivity contribution is -0.141. The summed E-state index contributed by atoms with van der Waals surface area (Å²) in [5.74, 6) is -0.360. The summed E-state index contributed by atoms with van der Waals surface area (Å²) in [6.45, 7) is 2.85. The van der Waals surface area contributed by atoms with Crippen molar-refractivity contribution in [2.45, 2.75) is 44.7 Å². The van der Waals surface area contributed by atoms with Gasteiger partial charge in [0.05, 0.1) is 12.7 Å². The highest BCUT2D eigenvalue weighted by Gasteiger charge is 2.30. The van der Waals surface area contributed by atoms with Crippen molar-refractivity contribution in [2.75, 3.05) is 33.8 Å². The first-order chi connectivity index (χ1) is 17.3. The zero-order valence-corrected chi connectivity index (χ0v) is 21.1. The van der Waals surface area contributed by atoms with E-state index >= 15 is 0 Å². The molecule has 3 rings (SSSR count). The Balaban J connectivity index is 1.77. The number of nitrogens with one attached hydrogen (secondary N) is 3. The van der Waals surface area contributed by atoms with Gasteiger partial charge in [0.2, 0.25) is 17.7 Å². The fourth-order valence-electron chi connectivity index (χ4n) is 4.09. The van der Waals surface area contributed by atoms with E-state index in [1.165, 1.54) is 4.90 Å². The average Bonchev–Trinajstić information content (AvgIpc) is 3.43. The Morgan fingerprint density at radius 1 is 1.08 bits per heavy atom. The normalized spacial score (nSPS) is 20.7. The average molecular weight is 498 g/mol. The number of carbonyl (C=O) groups is 4. The minimum Gasteiger partial charge on any atom is -0.497 e. The Hall–Kier alpha value is -3.82. The quantitative estimate of drug-likeness (QED) is 0.588. The molecule has 4 amide bonds. The molecule has 1 aliphatic rings. The minimum absolute atomic E-state index is 0.132. The van der Waals surface area contributed by atoms with E-state index in [4.69, 9.17) is 4.74 Å². The lowest BCUT2D eigenvalue weighted by Gasteiger charge is -2.29. The van der Waals surface area contributed by atoms with E-state index < -0.39 is 12.1 Å². The third-order valence-corrected chi connectivity index (χ3v) is 6.41. The molecule has 10 nitrogen and oxygen atoms in total. The van der Waals surface area contributed by atoms with Crippen LogP contribution in [0.15, 0.2) is 42.7 Å². The predicted molar refractivity (Wildman–Crippen MR) is 134 cm³/mol. The lowest BCUT2D eigenvalue weighted by Crippen LogP contribution is -2.54. The first-order valence-electron chi connectivity index (χ1n) is 12.2. The number of nitrogens with zero attached hydrogens (tertiary/aromatic N) is 2. The van der Waals surface area contributed by atoms with E-state index in [0.717, 1.165) is 5.56 Å². The van der Waals surface area contributed by atoms with E-state index in [2.05, 4.69) is 15.6 Å². The van der Waals surface area contributed by atoms with Crippen LogP contribution in [0.4, 0.5) is 0 Å². The van der Waals surface area contributed by atoms with Crippen LogP contribution in [0.2, 0.25) is 0 Å². The van der Waals surface area contributed by atoms with E-state index in [0.29, 0.717) is 43.8 Å². The van der Waals surface area contributed by atoms with Gasteiger partial charge in [-0.05, 0) is 43.5 Å². The maximum Gasteiger partial charge on any atom is 0.255 e. The zero-order valence-electron chi connectivity index (χ0n) is 21.1. The molecule has 0 unspecified atom stereocenters. The number of aromatic amines is 1. The number of carbonyl (C=O) groups excluding carboxylic acids is 4. The highest BCUT2D eigenvalue weighted by molar-refractivity contribution is 5.94. The number of H-pyrrole nitrogens is 1. The van der Waals surface area contributed by atoms with Gasteiger partial charge in [0.1, 0.15) is 17.8 Å². The van der Waals surface area contributed by atoms with Gasteiger partial charge in [-0.1, -0.05) is 12.1 Å². The van der Waals surface area contributed by atoms with Crippen LogP contribution in [0, 0.1) is 0 Å². The summed E-state index contributed by atoms with van der Waals surface area (Å²) in [6.07, 6.45) is 4.76.